The highest BCUT2D eigenvalue weighted by Gasteiger charge is 2.37. The lowest BCUT2D eigenvalue weighted by atomic mass is 9.75. The van der Waals surface area contributed by atoms with Gasteiger partial charge in [-0.2, -0.15) is 0 Å². The summed E-state index contributed by atoms with van der Waals surface area (Å²) in [7, 11) is 3.45. The molecule has 23 heavy (non-hydrogen) atoms. The topological polar surface area (TPSA) is 21.7 Å². The monoisotopic (exact) mass is 317 g/mol. The van der Waals surface area contributed by atoms with Crippen molar-refractivity contribution in [3.05, 3.63) is 23.3 Å². The average Bonchev–Trinajstić information content (AvgIpc) is 2.53. The van der Waals surface area contributed by atoms with E-state index in [1.165, 1.54) is 37.1 Å². The molecule has 2 aliphatic heterocycles. The van der Waals surface area contributed by atoms with Gasteiger partial charge in [-0.15, -0.1) is 0 Å². The molecule has 3 rings (SSSR count). The second-order valence-corrected chi connectivity index (χ2v) is 7.77. The quantitative estimate of drug-likeness (QED) is 0.826. The second-order valence-electron chi connectivity index (χ2n) is 7.77. The largest absolute Gasteiger partial charge is 0.493 e. The molecule has 128 valence electrons. The molecule has 1 aromatic rings. The van der Waals surface area contributed by atoms with Crippen LogP contribution < -0.4 is 9.47 Å². The average molecular weight is 317 g/mol. The van der Waals surface area contributed by atoms with E-state index in [-0.39, 0.29) is 0 Å². The molecule has 0 aromatic heterocycles. The SMILES string of the molecule is COc1cc2c(cc1OC)[C@H]1C[C@@H](C)[C@H](CC(C)C)CN1CC2. The third kappa shape index (κ3) is 3.21. The molecule has 2 aliphatic rings. The van der Waals surface area contributed by atoms with Crippen LogP contribution in [0.2, 0.25) is 0 Å². The summed E-state index contributed by atoms with van der Waals surface area (Å²) in [6.07, 6.45) is 3.73. The van der Waals surface area contributed by atoms with E-state index >= 15 is 0 Å². The number of hydrogen-bond donors (Lipinski definition) is 0. The van der Waals surface area contributed by atoms with Gasteiger partial charge in [0.1, 0.15) is 0 Å². The third-order valence-corrected chi connectivity index (χ3v) is 5.76. The van der Waals surface area contributed by atoms with Crippen LogP contribution in [0.3, 0.4) is 0 Å². The van der Waals surface area contributed by atoms with Gasteiger partial charge in [-0.05, 0) is 60.3 Å². The zero-order chi connectivity index (χ0) is 16.6. The van der Waals surface area contributed by atoms with E-state index in [1.807, 2.05) is 0 Å². The van der Waals surface area contributed by atoms with Crippen LogP contribution in [0.5, 0.6) is 11.5 Å². The van der Waals surface area contributed by atoms with E-state index in [2.05, 4.69) is 37.8 Å². The van der Waals surface area contributed by atoms with Crippen LogP contribution >= 0.6 is 0 Å². The fraction of sp³-hybridized carbons (Fsp3) is 0.700. The first-order chi connectivity index (χ1) is 11.0. The Balaban J connectivity index is 1.87. The van der Waals surface area contributed by atoms with Crippen LogP contribution in [0.15, 0.2) is 12.1 Å². The van der Waals surface area contributed by atoms with Crippen molar-refractivity contribution in [3.63, 3.8) is 0 Å². The Hall–Kier alpha value is -1.22. The molecule has 0 radical (unpaired) electrons. The molecule has 0 N–H and O–H groups in total. The van der Waals surface area contributed by atoms with Gasteiger partial charge in [-0.3, -0.25) is 4.90 Å². The van der Waals surface area contributed by atoms with Crippen LogP contribution in [0, 0.1) is 17.8 Å². The number of hydrogen-bond acceptors (Lipinski definition) is 3. The van der Waals surface area contributed by atoms with Gasteiger partial charge >= 0.3 is 0 Å². The summed E-state index contributed by atoms with van der Waals surface area (Å²) >= 11 is 0. The number of ether oxygens (including phenoxy) is 2. The summed E-state index contributed by atoms with van der Waals surface area (Å²) in [5.41, 5.74) is 2.90. The zero-order valence-corrected chi connectivity index (χ0v) is 15.3. The summed E-state index contributed by atoms with van der Waals surface area (Å²) in [4.78, 5) is 2.71. The lowest BCUT2D eigenvalue weighted by Crippen LogP contribution is -2.45. The minimum Gasteiger partial charge on any atom is -0.493 e. The van der Waals surface area contributed by atoms with Crippen LogP contribution in [0.1, 0.15) is 50.8 Å². The van der Waals surface area contributed by atoms with Crippen molar-refractivity contribution in [1.29, 1.82) is 0 Å². The Morgan fingerprint density at radius 1 is 1.17 bits per heavy atom. The van der Waals surface area contributed by atoms with Crippen molar-refractivity contribution in [2.45, 2.75) is 46.1 Å². The summed E-state index contributed by atoms with van der Waals surface area (Å²) in [6.45, 7) is 9.56. The van der Waals surface area contributed by atoms with E-state index in [4.69, 9.17) is 9.47 Å². The van der Waals surface area contributed by atoms with E-state index in [0.717, 1.165) is 35.7 Å². The molecular formula is C20H31NO2. The van der Waals surface area contributed by atoms with Crippen LogP contribution in [-0.2, 0) is 6.42 Å². The Kier molecular flexibility index (Phi) is 4.86. The van der Waals surface area contributed by atoms with Gasteiger partial charge in [0.15, 0.2) is 11.5 Å². The zero-order valence-electron chi connectivity index (χ0n) is 15.3. The molecule has 3 nitrogen and oxygen atoms in total. The van der Waals surface area contributed by atoms with Gasteiger partial charge in [-0.1, -0.05) is 20.8 Å². The van der Waals surface area contributed by atoms with Crippen molar-refractivity contribution in [1.82, 2.24) is 4.90 Å². The minimum atomic E-state index is 0.553. The van der Waals surface area contributed by atoms with Gasteiger partial charge in [-0.25, -0.2) is 0 Å². The number of benzene rings is 1. The lowest BCUT2D eigenvalue weighted by Gasteiger charge is -2.47. The first kappa shape index (κ1) is 16.6. The van der Waals surface area contributed by atoms with E-state index in [0.29, 0.717) is 6.04 Å². The molecule has 0 spiro atoms. The van der Waals surface area contributed by atoms with Crippen LogP contribution in [-0.4, -0.2) is 32.2 Å². The third-order valence-electron chi connectivity index (χ3n) is 5.76. The standard InChI is InChI=1S/C20H31NO2/c1-13(2)8-16-12-21-7-6-15-10-19(22-4)20(23-5)11-17(15)18(21)9-14(16)3/h10-11,13-14,16,18H,6-9,12H2,1-5H3/t14-,16-,18-/m1/s1. The number of piperidine rings is 1. The van der Waals surface area contributed by atoms with Crippen LogP contribution in [0.4, 0.5) is 0 Å². The molecule has 0 unspecified atom stereocenters. The minimum absolute atomic E-state index is 0.553. The highest BCUT2D eigenvalue weighted by atomic mass is 16.5. The lowest BCUT2D eigenvalue weighted by molar-refractivity contribution is 0.0515. The predicted octanol–water partition coefficient (Wildman–Crippen LogP) is 4.31. The van der Waals surface area contributed by atoms with Gasteiger partial charge in [0.05, 0.1) is 14.2 Å². The molecule has 1 fully saturated rings. The number of methoxy groups -OCH3 is 2. The first-order valence-corrected chi connectivity index (χ1v) is 9.02. The predicted molar refractivity (Wildman–Crippen MR) is 94.3 cm³/mol. The smallest absolute Gasteiger partial charge is 0.161 e. The van der Waals surface area contributed by atoms with Crippen molar-refractivity contribution in [2.75, 3.05) is 27.3 Å². The molecular weight excluding hydrogens is 286 g/mol. The maximum absolute atomic E-state index is 5.54. The van der Waals surface area contributed by atoms with E-state index in [9.17, 15) is 0 Å². The van der Waals surface area contributed by atoms with E-state index < -0.39 is 0 Å². The molecule has 3 heteroatoms. The number of fused-ring (bicyclic) bond motifs is 3. The molecule has 1 aromatic carbocycles. The van der Waals surface area contributed by atoms with Crippen molar-refractivity contribution >= 4 is 0 Å². The molecule has 2 heterocycles. The molecule has 0 amide bonds. The summed E-state index contributed by atoms with van der Waals surface area (Å²) < 4.78 is 11.0. The molecule has 0 bridgehead atoms. The van der Waals surface area contributed by atoms with Crippen molar-refractivity contribution in [3.8, 4) is 11.5 Å². The van der Waals surface area contributed by atoms with Crippen molar-refractivity contribution in [2.24, 2.45) is 17.8 Å². The summed E-state index contributed by atoms with van der Waals surface area (Å²) in [5, 5.41) is 0. The first-order valence-electron chi connectivity index (χ1n) is 9.02. The van der Waals surface area contributed by atoms with Crippen molar-refractivity contribution < 1.29 is 9.47 Å². The maximum Gasteiger partial charge on any atom is 0.161 e. The van der Waals surface area contributed by atoms with Gasteiger partial charge in [0.25, 0.3) is 0 Å². The Bertz CT molecular complexity index is 555. The highest BCUT2D eigenvalue weighted by molar-refractivity contribution is 5.49. The summed E-state index contributed by atoms with van der Waals surface area (Å²) in [6, 6.07) is 4.97. The number of nitrogens with zero attached hydrogens (tertiary/aromatic N) is 1. The van der Waals surface area contributed by atoms with Crippen LogP contribution in [0.25, 0.3) is 0 Å². The second kappa shape index (κ2) is 6.72. The Labute approximate surface area is 141 Å². The molecule has 3 atom stereocenters. The fourth-order valence-electron chi connectivity index (χ4n) is 4.51. The maximum atomic E-state index is 5.54. The fourth-order valence-corrected chi connectivity index (χ4v) is 4.51. The van der Waals surface area contributed by atoms with Gasteiger partial charge in [0.2, 0.25) is 0 Å². The van der Waals surface area contributed by atoms with E-state index in [1.54, 1.807) is 14.2 Å². The Morgan fingerprint density at radius 2 is 1.87 bits per heavy atom. The normalized spacial score (nSPS) is 27.5. The Morgan fingerprint density at radius 3 is 2.52 bits per heavy atom. The number of rotatable bonds is 4. The highest BCUT2D eigenvalue weighted by Crippen LogP contribution is 2.45. The molecule has 1 saturated heterocycles. The molecule has 0 saturated carbocycles. The van der Waals surface area contributed by atoms with Gasteiger partial charge in [0, 0.05) is 19.1 Å². The molecule has 0 aliphatic carbocycles. The van der Waals surface area contributed by atoms with Gasteiger partial charge < -0.3 is 9.47 Å². The summed E-state index contributed by atoms with van der Waals surface area (Å²) in [5.74, 6) is 4.15.